The summed E-state index contributed by atoms with van der Waals surface area (Å²) in [4.78, 5) is 16.9. The number of rotatable bonds is 10. The van der Waals surface area contributed by atoms with Crippen molar-refractivity contribution in [2.75, 3.05) is 46.0 Å². The third-order valence-electron chi connectivity index (χ3n) is 5.91. The van der Waals surface area contributed by atoms with Crippen molar-refractivity contribution in [1.82, 2.24) is 14.4 Å². The van der Waals surface area contributed by atoms with Crippen molar-refractivity contribution in [2.45, 2.75) is 39.2 Å². The lowest BCUT2D eigenvalue weighted by Gasteiger charge is -2.32. The highest BCUT2D eigenvalue weighted by atomic mass is 19.4. The molecule has 1 saturated heterocycles. The Hall–Kier alpha value is -2.36. The van der Waals surface area contributed by atoms with E-state index in [1.165, 1.54) is 12.1 Å². The fourth-order valence-corrected chi connectivity index (χ4v) is 3.87. The molecule has 1 fully saturated rings. The first kappa shape index (κ1) is 25.3. The molecule has 1 atom stereocenters. The molecule has 1 aliphatic heterocycles. The van der Waals surface area contributed by atoms with Crippen molar-refractivity contribution >= 4 is 5.97 Å². The predicted molar refractivity (Wildman–Crippen MR) is 119 cm³/mol. The molecule has 182 valence electrons. The number of ether oxygens (including phenoxy) is 2. The highest BCUT2D eigenvalue weighted by Crippen LogP contribution is 2.29. The third-order valence-corrected chi connectivity index (χ3v) is 5.91. The van der Waals surface area contributed by atoms with E-state index in [0.29, 0.717) is 39.5 Å². The van der Waals surface area contributed by atoms with E-state index in [1.54, 1.807) is 6.92 Å². The van der Waals surface area contributed by atoms with E-state index in [2.05, 4.69) is 9.80 Å². The molecular weight excluding hydrogens is 435 g/mol. The third kappa shape index (κ3) is 7.31. The van der Waals surface area contributed by atoms with Gasteiger partial charge < -0.3 is 14.0 Å². The molecule has 1 aliphatic rings. The highest BCUT2D eigenvalue weighted by Gasteiger charge is 2.30. The van der Waals surface area contributed by atoms with E-state index in [1.807, 2.05) is 29.8 Å². The number of carbonyl (C=O) groups is 1. The van der Waals surface area contributed by atoms with Crippen LogP contribution in [0.3, 0.4) is 0 Å². The zero-order valence-corrected chi connectivity index (χ0v) is 19.2. The molecule has 6 nitrogen and oxygen atoms in total. The lowest BCUT2D eigenvalue weighted by Crippen LogP contribution is -2.46. The number of benzene rings is 1. The van der Waals surface area contributed by atoms with Gasteiger partial charge in [-0.15, -0.1) is 0 Å². The summed E-state index contributed by atoms with van der Waals surface area (Å²) in [6.07, 6.45) is -2.44. The van der Waals surface area contributed by atoms with Gasteiger partial charge in [-0.25, -0.2) is 0 Å². The first-order chi connectivity index (χ1) is 15.8. The van der Waals surface area contributed by atoms with E-state index in [4.69, 9.17) is 9.47 Å². The number of hydrogen-bond acceptors (Lipinski definition) is 5. The minimum atomic E-state index is -4.35. The topological polar surface area (TPSA) is 46.9 Å². The maximum absolute atomic E-state index is 12.8. The summed E-state index contributed by atoms with van der Waals surface area (Å²) in [6.45, 7) is 9.59. The van der Waals surface area contributed by atoms with Crippen LogP contribution in [-0.4, -0.2) is 72.4 Å². The van der Waals surface area contributed by atoms with Gasteiger partial charge in [0.25, 0.3) is 0 Å². The van der Waals surface area contributed by atoms with Crippen LogP contribution >= 0.6 is 0 Å². The van der Waals surface area contributed by atoms with Gasteiger partial charge in [-0.3, -0.25) is 14.6 Å². The average molecular weight is 468 g/mol. The van der Waals surface area contributed by atoms with Crippen molar-refractivity contribution in [3.05, 3.63) is 59.4 Å². The van der Waals surface area contributed by atoms with Crippen LogP contribution in [0.15, 0.2) is 42.6 Å². The summed E-state index contributed by atoms with van der Waals surface area (Å²) >= 11 is 0. The molecule has 2 heterocycles. The molecule has 0 aliphatic carbocycles. The van der Waals surface area contributed by atoms with Crippen LogP contribution in [0.1, 0.15) is 30.7 Å². The number of carbonyl (C=O) groups excluding carboxylic acids is 1. The molecule has 0 N–H and O–H groups in total. The average Bonchev–Trinajstić information content (AvgIpc) is 3.23. The van der Waals surface area contributed by atoms with Gasteiger partial charge in [-0.2, -0.15) is 13.2 Å². The van der Waals surface area contributed by atoms with Gasteiger partial charge in [0.1, 0.15) is 6.04 Å². The molecule has 0 amide bonds. The van der Waals surface area contributed by atoms with Gasteiger partial charge in [0.15, 0.2) is 0 Å². The smallest absolute Gasteiger partial charge is 0.416 e. The monoisotopic (exact) mass is 467 g/mol. The van der Waals surface area contributed by atoms with Gasteiger partial charge in [-0.05, 0) is 43.7 Å². The molecule has 3 rings (SSSR count). The molecule has 1 aromatic carbocycles. The van der Waals surface area contributed by atoms with Gasteiger partial charge in [0.05, 0.1) is 25.4 Å². The van der Waals surface area contributed by atoms with E-state index in [-0.39, 0.29) is 5.97 Å². The number of nitrogens with zero attached hydrogens (tertiary/aromatic N) is 3. The molecule has 1 unspecified atom stereocenters. The molecule has 33 heavy (non-hydrogen) atoms. The molecule has 0 spiro atoms. The number of morpholine rings is 1. The van der Waals surface area contributed by atoms with Crippen molar-refractivity contribution in [3.8, 4) is 0 Å². The summed E-state index contributed by atoms with van der Waals surface area (Å²) in [6, 6.07) is 8.69. The zero-order chi connectivity index (χ0) is 23.8. The number of halogens is 3. The molecule has 0 radical (unpaired) electrons. The van der Waals surface area contributed by atoms with Crippen molar-refractivity contribution in [1.29, 1.82) is 0 Å². The second-order valence-corrected chi connectivity index (χ2v) is 8.17. The Balaban J connectivity index is 1.70. The Morgan fingerprint density at radius 3 is 2.52 bits per heavy atom. The first-order valence-corrected chi connectivity index (χ1v) is 11.3. The van der Waals surface area contributed by atoms with Gasteiger partial charge >= 0.3 is 12.1 Å². The van der Waals surface area contributed by atoms with Crippen LogP contribution in [0.25, 0.3) is 0 Å². The van der Waals surface area contributed by atoms with E-state index < -0.39 is 17.8 Å². The Morgan fingerprint density at radius 2 is 1.88 bits per heavy atom. The minimum Gasteiger partial charge on any atom is -0.465 e. The van der Waals surface area contributed by atoms with Crippen molar-refractivity contribution < 1.29 is 27.4 Å². The Labute approximate surface area is 192 Å². The number of hydrogen-bond donors (Lipinski definition) is 0. The Kier molecular flexibility index (Phi) is 8.94. The molecule has 0 bridgehead atoms. The maximum Gasteiger partial charge on any atom is 0.416 e. The SMILES string of the molecule is CCOC(=O)C(C)N(CCN1CCOCC1)Cc1cccn1Cc1ccc(C(F)(F)F)cc1. The Bertz CT molecular complexity index is 877. The number of aromatic nitrogens is 1. The van der Waals surface area contributed by atoms with E-state index in [9.17, 15) is 18.0 Å². The summed E-state index contributed by atoms with van der Waals surface area (Å²) < 4.78 is 51.2. The summed E-state index contributed by atoms with van der Waals surface area (Å²) in [5.74, 6) is -0.264. The fourth-order valence-electron chi connectivity index (χ4n) is 3.87. The van der Waals surface area contributed by atoms with Crippen molar-refractivity contribution in [2.24, 2.45) is 0 Å². The van der Waals surface area contributed by atoms with Gasteiger partial charge in [0.2, 0.25) is 0 Å². The number of esters is 1. The Morgan fingerprint density at radius 1 is 1.18 bits per heavy atom. The quantitative estimate of drug-likeness (QED) is 0.500. The van der Waals surface area contributed by atoms with E-state index in [0.717, 1.165) is 43.0 Å². The lowest BCUT2D eigenvalue weighted by atomic mass is 10.1. The summed E-state index contributed by atoms with van der Waals surface area (Å²) in [7, 11) is 0. The van der Waals surface area contributed by atoms with Crippen LogP contribution < -0.4 is 0 Å². The van der Waals surface area contributed by atoms with Crippen molar-refractivity contribution in [3.63, 3.8) is 0 Å². The molecule has 1 aromatic heterocycles. The first-order valence-electron chi connectivity index (χ1n) is 11.3. The molecule has 0 saturated carbocycles. The fraction of sp³-hybridized carbons (Fsp3) is 0.542. The molecule has 2 aromatic rings. The largest absolute Gasteiger partial charge is 0.465 e. The van der Waals surface area contributed by atoms with Crippen LogP contribution in [-0.2, 0) is 33.5 Å². The van der Waals surface area contributed by atoms with Crippen LogP contribution in [0, 0.1) is 0 Å². The molecule has 9 heteroatoms. The minimum absolute atomic E-state index is 0.264. The van der Waals surface area contributed by atoms with Crippen LogP contribution in [0.4, 0.5) is 13.2 Å². The zero-order valence-electron chi connectivity index (χ0n) is 19.2. The summed E-state index contributed by atoms with van der Waals surface area (Å²) in [5.41, 5.74) is 1.10. The predicted octanol–water partition coefficient (Wildman–Crippen LogP) is 3.64. The highest BCUT2D eigenvalue weighted by molar-refractivity contribution is 5.75. The van der Waals surface area contributed by atoms with Gasteiger partial charge in [0, 0.05) is 51.2 Å². The maximum atomic E-state index is 12.8. The second-order valence-electron chi connectivity index (χ2n) is 8.17. The summed E-state index contributed by atoms with van der Waals surface area (Å²) in [5, 5.41) is 0. The van der Waals surface area contributed by atoms with Crippen LogP contribution in [0.5, 0.6) is 0 Å². The van der Waals surface area contributed by atoms with Gasteiger partial charge in [-0.1, -0.05) is 12.1 Å². The van der Waals surface area contributed by atoms with E-state index >= 15 is 0 Å². The lowest BCUT2D eigenvalue weighted by molar-refractivity contribution is -0.149. The van der Waals surface area contributed by atoms with Crippen LogP contribution in [0.2, 0.25) is 0 Å². The number of alkyl halides is 3. The standard InChI is InChI=1S/C24H32F3N3O3/c1-3-33-23(31)19(2)29(12-11-28-13-15-32-16-14-28)18-22-5-4-10-30(22)17-20-6-8-21(9-7-20)24(25,26)27/h4-10,19H,3,11-18H2,1-2H3. The normalized spacial score (nSPS) is 16.2. The molecular formula is C24H32F3N3O3. The second kappa shape index (κ2) is 11.7.